The van der Waals surface area contributed by atoms with Crippen LogP contribution < -0.4 is 0 Å². The van der Waals surface area contributed by atoms with Crippen molar-refractivity contribution < 1.29 is 27.5 Å². The lowest BCUT2D eigenvalue weighted by molar-refractivity contribution is -0.142. The Morgan fingerprint density at radius 1 is 1.11 bits per heavy atom. The lowest BCUT2D eigenvalue weighted by Crippen LogP contribution is -2.16. The van der Waals surface area contributed by atoms with Gasteiger partial charge < -0.3 is 9.72 Å². The van der Waals surface area contributed by atoms with E-state index in [1.165, 1.54) is 12.1 Å². The molecule has 0 bridgehead atoms. The summed E-state index contributed by atoms with van der Waals surface area (Å²) in [6.45, 7) is 1.54. The van der Waals surface area contributed by atoms with E-state index in [4.69, 9.17) is 4.74 Å². The first-order chi connectivity index (χ1) is 13.3. The molecule has 4 nitrogen and oxygen atoms in total. The molecule has 0 saturated heterocycles. The summed E-state index contributed by atoms with van der Waals surface area (Å²) in [5, 5.41) is 0.748. The molecule has 3 rings (SSSR count). The number of para-hydroxylation sites is 1. The molecule has 0 spiro atoms. The number of aryl methyl sites for hydroxylation is 1. The van der Waals surface area contributed by atoms with Gasteiger partial charge in [-0.05, 0) is 23.6 Å². The fourth-order valence-corrected chi connectivity index (χ4v) is 3.04. The van der Waals surface area contributed by atoms with Gasteiger partial charge in [-0.1, -0.05) is 43.3 Å². The number of aromatic amines is 1. The van der Waals surface area contributed by atoms with Crippen LogP contribution in [0.3, 0.4) is 0 Å². The Hall–Kier alpha value is -3.09. The second-order valence-electron chi connectivity index (χ2n) is 6.35. The highest BCUT2D eigenvalue weighted by atomic mass is 19.4. The maximum Gasteiger partial charge on any atom is 0.416 e. The highest BCUT2D eigenvalue weighted by molar-refractivity contribution is 6.09. The Morgan fingerprint density at radius 2 is 1.86 bits per heavy atom. The Balaban J connectivity index is 1.65. The molecule has 7 heteroatoms. The number of hydrogen-bond donors (Lipinski definition) is 1. The van der Waals surface area contributed by atoms with Crippen molar-refractivity contribution >= 4 is 22.7 Å². The molecule has 2 aromatic carbocycles. The van der Waals surface area contributed by atoms with Crippen molar-refractivity contribution in [3.05, 3.63) is 70.9 Å². The predicted molar refractivity (Wildman–Crippen MR) is 98.1 cm³/mol. The van der Waals surface area contributed by atoms with Crippen molar-refractivity contribution in [3.8, 4) is 0 Å². The molecule has 28 heavy (non-hydrogen) atoms. The number of hydrogen-bond acceptors (Lipinski definition) is 3. The first-order valence-corrected chi connectivity index (χ1v) is 8.73. The normalized spacial score (nSPS) is 11.6. The van der Waals surface area contributed by atoms with E-state index in [1.54, 1.807) is 6.20 Å². The van der Waals surface area contributed by atoms with Gasteiger partial charge in [-0.2, -0.15) is 13.2 Å². The SMILES string of the molecule is CCc1cccc2c(C(=O)COC(=O)Cc3cccc(C(F)(F)F)c3)c[nH]c12. The van der Waals surface area contributed by atoms with Crippen LogP contribution in [0.2, 0.25) is 0 Å². The Bertz CT molecular complexity index is 1020. The minimum atomic E-state index is -4.48. The van der Waals surface area contributed by atoms with E-state index in [1.807, 2.05) is 25.1 Å². The number of carbonyl (C=O) groups excluding carboxylic acids is 2. The molecule has 0 saturated carbocycles. The molecule has 0 aliphatic rings. The average molecular weight is 389 g/mol. The third-order valence-electron chi connectivity index (χ3n) is 4.45. The highest BCUT2D eigenvalue weighted by Gasteiger charge is 2.30. The molecule has 0 radical (unpaired) electrons. The van der Waals surface area contributed by atoms with E-state index in [9.17, 15) is 22.8 Å². The van der Waals surface area contributed by atoms with E-state index in [2.05, 4.69) is 4.98 Å². The van der Waals surface area contributed by atoms with Gasteiger partial charge in [0.2, 0.25) is 5.78 Å². The van der Waals surface area contributed by atoms with Gasteiger partial charge in [0, 0.05) is 22.7 Å². The van der Waals surface area contributed by atoms with Crippen LogP contribution in [0.4, 0.5) is 13.2 Å². The molecule has 0 amide bonds. The monoisotopic (exact) mass is 389 g/mol. The second kappa shape index (κ2) is 7.88. The van der Waals surface area contributed by atoms with Crippen molar-refractivity contribution in [1.29, 1.82) is 0 Å². The quantitative estimate of drug-likeness (QED) is 0.490. The third-order valence-corrected chi connectivity index (χ3v) is 4.45. The Kier molecular flexibility index (Phi) is 5.53. The van der Waals surface area contributed by atoms with Gasteiger partial charge in [-0.3, -0.25) is 9.59 Å². The predicted octanol–water partition coefficient (Wildman–Crippen LogP) is 4.72. The number of benzene rings is 2. The van der Waals surface area contributed by atoms with Crippen molar-refractivity contribution in [1.82, 2.24) is 4.98 Å². The number of ether oxygens (including phenoxy) is 1. The van der Waals surface area contributed by atoms with Crippen LogP contribution in [0.1, 0.15) is 34.0 Å². The molecule has 1 heterocycles. The minimum Gasteiger partial charge on any atom is -0.457 e. The van der Waals surface area contributed by atoms with Crippen LogP contribution in [0, 0.1) is 0 Å². The van der Waals surface area contributed by atoms with Gasteiger partial charge in [0.15, 0.2) is 6.61 Å². The summed E-state index contributed by atoms with van der Waals surface area (Å²) in [6.07, 6.45) is -2.45. The zero-order valence-corrected chi connectivity index (χ0v) is 15.1. The topological polar surface area (TPSA) is 59.2 Å². The lowest BCUT2D eigenvalue weighted by atomic mass is 10.1. The largest absolute Gasteiger partial charge is 0.457 e. The Morgan fingerprint density at radius 3 is 2.57 bits per heavy atom. The number of nitrogens with one attached hydrogen (secondary N) is 1. The molecular weight excluding hydrogens is 371 g/mol. The number of ketones is 1. The Labute approximate surface area is 159 Å². The van der Waals surface area contributed by atoms with Gasteiger partial charge in [0.1, 0.15) is 0 Å². The number of rotatable bonds is 6. The number of alkyl halides is 3. The molecule has 1 aromatic heterocycles. The summed E-state index contributed by atoms with van der Waals surface area (Å²) in [4.78, 5) is 27.4. The van der Waals surface area contributed by atoms with Gasteiger partial charge in [-0.25, -0.2) is 0 Å². The first-order valence-electron chi connectivity index (χ1n) is 8.73. The van der Waals surface area contributed by atoms with Crippen molar-refractivity contribution in [2.45, 2.75) is 25.9 Å². The highest BCUT2D eigenvalue weighted by Crippen LogP contribution is 2.29. The fraction of sp³-hybridized carbons (Fsp3) is 0.238. The molecule has 0 atom stereocenters. The van der Waals surface area contributed by atoms with E-state index in [0.717, 1.165) is 35.0 Å². The number of H-pyrrole nitrogens is 1. The van der Waals surface area contributed by atoms with Gasteiger partial charge in [0.05, 0.1) is 12.0 Å². The molecule has 0 aliphatic carbocycles. The van der Waals surface area contributed by atoms with Crippen molar-refractivity contribution in [3.63, 3.8) is 0 Å². The number of esters is 1. The summed E-state index contributed by atoms with van der Waals surface area (Å²) in [7, 11) is 0. The van der Waals surface area contributed by atoms with E-state index in [-0.39, 0.29) is 17.8 Å². The molecule has 1 N–H and O–H groups in total. The summed E-state index contributed by atoms with van der Waals surface area (Å²) in [5.74, 6) is -1.14. The minimum absolute atomic E-state index is 0.173. The van der Waals surface area contributed by atoms with Crippen LogP contribution in [0.25, 0.3) is 10.9 Å². The van der Waals surface area contributed by atoms with Crippen molar-refractivity contribution in [2.24, 2.45) is 0 Å². The van der Waals surface area contributed by atoms with Gasteiger partial charge >= 0.3 is 12.1 Å². The average Bonchev–Trinajstić information content (AvgIpc) is 3.10. The van der Waals surface area contributed by atoms with Crippen molar-refractivity contribution in [2.75, 3.05) is 6.61 Å². The smallest absolute Gasteiger partial charge is 0.416 e. The molecule has 0 fully saturated rings. The standard InChI is InChI=1S/C21H18F3NO3/c1-2-14-6-4-8-16-17(11-25-20(14)16)18(26)12-28-19(27)10-13-5-3-7-15(9-13)21(22,23)24/h3-9,11,25H,2,10,12H2,1H3. The number of carbonyl (C=O) groups is 2. The van der Waals surface area contributed by atoms with E-state index in [0.29, 0.717) is 5.56 Å². The zero-order valence-electron chi connectivity index (χ0n) is 15.1. The maximum atomic E-state index is 12.7. The summed E-state index contributed by atoms with van der Waals surface area (Å²) in [6, 6.07) is 10.1. The second-order valence-corrected chi connectivity index (χ2v) is 6.35. The number of fused-ring (bicyclic) bond motifs is 1. The first kappa shape index (κ1) is 19.7. The molecular formula is C21H18F3NO3. The van der Waals surface area contributed by atoms with Crippen LogP contribution in [0.5, 0.6) is 0 Å². The number of aromatic nitrogens is 1. The molecule has 146 valence electrons. The number of Topliss-reactive ketones (excluding diaryl/α,β-unsaturated/α-hetero) is 1. The molecule has 0 unspecified atom stereocenters. The van der Waals surface area contributed by atoms with Crippen LogP contribution in [0.15, 0.2) is 48.7 Å². The van der Waals surface area contributed by atoms with Crippen LogP contribution >= 0.6 is 0 Å². The van der Waals surface area contributed by atoms with E-state index < -0.39 is 24.3 Å². The fourth-order valence-electron chi connectivity index (χ4n) is 3.04. The van der Waals surface area contributed by atoms with Crippen LogP contribution in [-0.2, 0) is 28.5 Å². The maximum absolute atomic E-state index is 12.7. The zero-order chi connectivity index (χ0) is 20.3. The third kappa shape index (κ3) is 4.24. The summed E-state index contributed by atoms with van der Waals surface area (Å²) >= 11 is 0. The van der Waals surface area contributed by atoms with Gasteiger partial charge in [0.25, 0.3) is 0 Å². The molecule has 0 aliphatic heterocycles. The van der Waals surface area contributed by atoms with Crippen LogP contribution in [-0.4, -0.2) is 23.3 Å². The van der Waals surface area contributed by atoms with E-state index >= 15 is 0 Å². The van der Waals surface area contributed by atoms with Gasteiger partial charge in [-0.15, -0.1) is 0 Å². The number of halogens is 3. The lowest BCUT2D eigenvalue weighted by Gasteiger charge is -2.08. The summed E-state index contributed by atoms with van der Waals surface area (Å²) < 4.78 is 43.2. The molecule has 3 aromatic rings. The summed E-state index contributed by atoms with van der Waals surface area (Å²) in [5.41, 5.74) is 1.69.